The van der Waals surface area contributed by atoms with Crippen molar-refractivity contribution in [3.63, 3.8) is 0 Å². The van der Waals surface area contributed by atoms with E-state index in [1.807, 2.05) is 37.1 Å². The van der Waals surface area contributed by atoms with E-state index in [0.717, 1.165) is 53.6 Å². The molecule has 2 amide bonds. The molecule has 2 aromatic rings. The first-order valence-corrected chi connectivity index (χ1v) is 12.8. The lowest BCUT2D eigenvalue weighted by atomic mass is 10.1. The van der Waals surface area contributed by atoms with Gasteiger partial charge in [-0.05, 0) is 43.9 Å². The summed E-state index contributed by atoms with van der Waals surface area (Å²) in [6.07, 6.45) is 6.54. The topological polar surface area (TPSA) is 74.8 Å². The van der Waals surface area contributed by atoms with E-state index in [2.05, 4.69) is 21.8 Å². The van der Waals surface area contributed by atoms with Crippen LogP contribution >= 0.6 is 23.1 Å². The smallest absolute Gasteiger partial charge is 0.257 e. The van der Waals surface area contributed by atoms with Crippen molar-refractivity contribution in [2.45, 2.75) is 41.3 Å². The van der Waals surface area contributed by atoms with Crippen LogP contribution in [0.2, 0.25) is 0 Å². The molecule has 1 aromatic heterocycles. The highest BCUT2D eigenvalue weighted by atomic mass is 32.2. The zero-order chi connectivity index (χ0) is 23.5. The molecule has 9 heteroatoms. The molecule has 1 atom stereocenters. The molecule has 2 heterocycles. The number of carbonyl (C=O) groups is 2. The average Bonchev–Trinajstić information content (AvgIpc) is 3.41. The summed E-state index contributed by atoms with van der Waals surface area (Å²) >= 11 is 2.99. The van der Waals surface area contributed by atoms with Gasteiger partial charge in [-0.2, -0.15) is 0 Å². The molecule has 2 aliphatic rings. The van der Waals surface area contributed by atoms with Gasteiger partial charge in [0.1, 0.15) is 5.75 Å². The summed E-state index contributed by atoms with van der Waals surface area (Å²) in [6.45, 7) is 8.47. The SMILES string of the molecule is C=CCN1CC[C@@H](N(C)C(=O)c2cc(Sc3cnc(NC(=O)C4CC4)s3)c(C)cc2OC)C1. The first kappa shape index (κ1) is 23.8. The van der Waals surface area contributed by atoms with Gasteiger partial charge in [0, 0.05) is 43.5 Å². The minimum absolute atomic E-state index is 0.0409. The largest absolute Gasteiger partial charge is 0.496 e. The van der Waals surface area contributed by atoms with Crippen LogP contribution < -0.4 is 10.1 Å². The molecule has 0 spiro atoms. The fourth-order valence-corrected chi connectivity index (χ4v) is 5.91. The van der Waals surface area contributed by atoms with E-state index >= 15 is 0 Å². The average molecular weight is 487 g/mol. The number of rotatable bonds is 9. The van der Waals surface area contributed by atoms with E-state index in [-0.39, 0.29) is 23.8 Å². The monoisotopic (exact) mass is 486 g/mol. The normalized spacial score (nSPS) is 18.2. The summed E-state index contributed by atoms with van der Waals surface area (Å²) in [6, 6.07) is 3.99. The van der Waals surface area contributed by atoms with Crippen molar-refractivity contribution in [2.24, 2.45) is 5.92 Å². The number of likely N-dealkylation sites (tertiary alicyclic amines) is 1. The number of hydrogen-bond donors (Lipinski definition) is 1. The summed E-state index contributed by atoms with van der Waals surface area (Å²) in [7, 11) is 3.46. The number of aryl methyl sites for hydroxylation is 1. The Labute approximate surface area is 203 Å². The Bertz CT molecular complexity index is 1050. The van der Waals surface area contributed by atoms with E-state index in [0.29, 0.717) is 16.4 Å². The second-order valence-electron chi connectivity index (χ2n) is 8.57. The highest BCUT2D eigenvalue weighted by Gasteiger charge is 2.31. The first-order chi connectivity index (χ1) is 15.9. The van der Waals surface area contributed by atoms with Crippen molar-refractivity contribution in [1.29, 1.82) is 0 Å². The van der Waals surface area contributed by atoms with Crippen molar-refractivity contribution >= 4 is 40.0 Å². The predicted octanol–water partition coefficient (Wildman–Crippen LogP) is 4.29. The minimum Gasteiger partial charge on any atom is -0.496 e. The van der Waals surface area contributed by atoms with E-state index in [1.54, 1.807) is 25.1 Å². The Morgan fingerprint density at radius 3 is 2.88 bits per heavy atom. The van der Waals surface area contributed by atoms with Crippen LogP contribution in [-0.4, -0.2) is 66.4 Å². The molecule has 1 saturated heterocycles. The maximum absolute atomic E-state index is 13.4. The number of nitrogens with zero attached hydrogens (tertiary/aromatic N) is 3. The lowest BCUT2D eigenvalue weighted by Gasteiger charge is -2.26. The van der Waals surface area contributed by atoms with Gasteiger partial charge >= 0.3 is 0 Å². The third-order valence-corrected chi connectivity index (χ3v) is 8.28. The third kappa shape index (κ3) is 5.59. The van der Waals surface area contributed by atoms with Crippen molar-refractivity contribution < 1.29 is 14.3 Å². The number of likely N-dealkylation sites (N-methyl/N-ethyl adjacent to an activating group) is 1. The number of thiazole rings is 1. The zero-order valence-corrected chi connectivity index (χ0v) is 20.9. The van der Waals surface area contributed by atoms with Crippen molar-refractivity contribution in [3.8, 4) is 5.75 Å². The summed E-state index contributed by atoms with van der Waals surface area (Å²) in [5, 5.41) is 3.51. The molecule has 2 fully saturated rings. The maximum atomic E-state index is 13.4. The number of amides is 2. The quantitative estimate of drug-likeness (QED) is 0.533. The summed E-state index contributed by atoms with van der Waals surface area (Å²) in [5.41, 5.74) is 1.58. The fraction of sp³-hybridized carbons (Fsp3) is 0.458. The van der Waals surface area contributed by atoms with Gasteiger partial charge in [-0.25, -0.2) is 4.98 Å². The van der Waals surface area contributed by atoms with Crippen LogP contribution in [0.5, 0.6) is 5.75 Å². The number of hydrogen-bond acceptors (Lipinski definition) is 7. The number of ether oxygens (including phenoxy) is 1. The summed E-state index contributed by atoms with van der Waals surface area (Å²) in [5.74, 6) is 0.733. The highest BCUT2D eigenvalue weighted by Crippen LogP contribution is 2.39. The van der Waals surface area contributed by atoms with Crippen LogP contribution in [-0.2, 0) is 4.79 Å². The van der Waals surface area contributed by atoms with Gasteiger partial charge in [0.15, 0.2) is 5.13 Å². The van der Waals surface area contributed by atoms with Crippen LogP contribution in [0, 0.1) is 12.8 Å². The van der Waals surface area contributed by atoms with Gasteiger partial charge < -0.3 is 15.0 Å². The van der Waals surface area contributed by atoms with E-state index in [9.17, 15) is 9.59 Å². The number of aromatic nitrogens is 1. The number of methoxy groups -OCH3 is 1. The van der Waals surface area contributed by atoms with Crippen LogP contribution in [0.1, 0.15) is 35.2 Å². The van der Waals surface area contributed by atoms with Crippen LogP contribution in [0.3, 0.4) is 0 Å². The maximum Gasteiger partial charge on any atom is 0.257 e. The molecule has 1 saturated carbocycles. The molecule has 1 aliphatic heterocycles. The van der Waals surface area contributed by atoms with Gasteiger partial charge in [0.05, 0.1) is 23.1 Å². The Morgan fingerprint density at radius 1 is 1.39 bits per heavy atom. The van der Waals surface area contributed by atoms with Gasteiger partial charge in [-0.15, -0.1) is 6.58 Å². The Kier molecular flexibility index (Phi) is 7.41. The van der Waals surface area contributed by atoms with Crippen LogP contribution in [0.4, 0.5) is 5.13 Å². The molecule has 0 radical (unpaired) electrons. The summed E-state index contributed by atoms with van der Waals surface area (Å²) < 4.78 is 6.52. The first-order valence-electron chi connectivity index (χ1n) is 11.1. The van der Waals surface area contributed by atoms with Gasteiger partial charge in [0.2, 0.25) is 5.91 Å². The lowest BCUT2D eigenvalue weighted by Crippen LogP contribution is -2.39. The van der Waals surface area contributed by atoms with Gasteiger partial charge in [-0.1, -0.05) is 29.2 Å². The van der Waals surface area contributed by atoms with Crippen molar-refractivity contribution in [3.05, 3.63) is 42.1 Å². The van der Waals surface area contributed by atoms with Crippen molar-refractivity contribution in [2.75, 3.05) is 39.1 Å². The molecule has 7 nitrogen and oxygen atoms in total. The molecular weight excluding hydrogens is 456 g/mol. The predicted molar refractivity (Wildman–Crippen MR) is 132 cm³/mol. The second kappa shape index (κ2) is 10.3. The standard InChI is InChI=1S/C24H30N4O3S2/c1-5-9-28-10-8-17(14-28)27(3)23(30)18-12-20(15(2)11-19(18)31-4)32-21-13-25-24(33-21)26-22(29)16-6-7-16/h5,11-13,16-17H,1,6-10,14H2,2-4H3,(H,25,26,29)/t17-/m1/s1. The molecule has 0 bridgehead atoms. The second-order valence-corrected chi connectivity index (χ2v) is 10.9. The number of carbonyl (C=O) groups excluding carboxylic acids is 2. The minimum atomic E-state index is -0.0409. The molecule has 1 aromatic carbocycles. The van der Waals surface area contributed by atoms with Crippen molar-refractivity contribution in [1.82, 2.24) is 14.8 Å². The number of nitrogens with one attached hydrogen (secondary N) is 1. The Morgan fingerprint density at radius 2 is 2.18 bits per heavy atom. The van der Waals surface area contributed by atoms with Gasteiger partial charge in [0.25, 0.3) is 5.91 Å². The van der Waals surface area contributed by atoms with E-state index in [1.165, 1.54) is 11.3 Å². The van der Waals surface area contributed by atoms with Crippen LogP contribution in [0.15, 0.2) is 40.1 Å². The van der Waals surface area contributed by atoms with Gasteiger partial charge in [-0.3, -0.25) is 14.5 Å². The lowest BCUT2D eigenvalue weighted by molar-refractivity contribution is -0.117. The highest BCUT2D eigenvalue weighted by molar-refractivity contribution is 8.01. The van der Waals surface area contributed by atoms with E-state index in [4.69, 9.17) is 4.74 Å². The fourth-order valence-electron chi connectivity index (χ4n) is 3.97. The Balaban J connectivity index is 1.50. The molecule has 4 rings (SSSR count). The zero-order valence-electron chi connectivity index (χ0n) is 19.3. The molecule has 1 N–H and O–H groups in total. The molecule has 33 heavy (non-hydrogen) atoms. The number of anilines is 1. The molecule has 1 aliphatic carbocycles. The molecule has 176 valence electrons. The summed E-state index contributed by atoms with van der Waals surface area (Å²) in [4.78, 5) is 34.9. The third-order valence-electron chi connectivity index (χ3n) is 6.10. The van der Waals surface area contributed by atoms with Crippen LogP contribution in [0.25, 0.3) is 0 Å². The molecular formula is C24H30N4O3S2. The number of benzene rings is 1. The Hall–Kier alpha value is -2.36. The molecule has 0 unspecified atom stereocenters. The van der Waals surface area contributed by atoms with E-state index < -0.39 is 0 Å².